The third kappa shape index (κ3) is 5.30. The van der Waals surface area contributed by atoms with E-state index >= 15 is 0 Å². The largest absolute Gasteiger partial charge is 0.351 e. The highest BCUT2D eigenvalue weighted by Gasteiger charge is 2.29. The van der Waals surface area contributed by atoms with Crippen LogP contribution >= 0.6 is 27.7 Å². The van der Waals surface area contributed by atoms with E-state index in [2.05, 4.69) is 21.2 Å². The topological polar surface area (TPSA) is 63.2 Å². The maximum absolute atomic E-state index is 12.1. The first-order chi connectivity index (χ1) is 9.85. The molecule has 1 aliphatic rings. The van der Waals surface area contributed by atoms with Crippen LogP contribution in [0.5, 0.6) is 0 Å². The molecule has 1 N–H and O–H groups in total. The number of hydrogen-bond acceptors (Lipinski definition) is 4. The molecular weight excluding hydrogens is 374 g/mol. The molecule has 0 aliphatic carbocycles. The van der Waals surface area contributed by atoms with Crippen molar-refractivity contribution < 1.29 is 13.2 Å². The van der Waals surface area contributed by atoms with E-state index in [-0.39, 0.29) is 28.7 Å². The molecule has 0 unspecified atom stereocenters. The van der Waals surface area contributed by atoms with Crippen LogP contribution in [0, 0.1) is 0 Å². The van der Waals surface area contributed by atoms with Gasteiger partial charge < -0.3 is 5.32 Å². The van der Waals surface area contributed by atoms with Crippen LogP contribution in [0.3, 0.4) is 0 Å². The monoisotopic (exact) mass is 391 g/mol. The van der Waals surface area contributed by atoms with Crippen LogP contribution in [0.1, 0.15) is 18.9 Å². The molecule has 21 heavy (non-hydrogen) atoms. The summed E-state index contributed by atoms with van der Waals surface area (Å²) >= 11 is 4.97. The molecule has 4 nitrogen and oxygen atoms in total. The number of rotatable bonds is 5. The Kier molecular flexibility index (Phi) is 5.73. The molecule has 0 spiro atoms. The fraction of sp³-hybridized carbons (Fsp3) is 0.500. The SMILES string of the molecule is C[C@H](SCc1cccc(Br)c1)C(=O)N[C@@H]1CCS(=O)(=O)C1. The summed E-state index contributed by atoms with van der Waals surface area (Å²) in [6.45, 7) is 1.85. The van der Waals surface area contributed by atoms with E-state index in [1.54, 1.807) is 11.8 Å². The average Bonchev–Trinajstić information content (AvgIpc) is 2.75. The van der Waals surface area contributed by atoms with E-state index in [1.807, 2.05) is 31.2 Å². The van der Waals surface area contributed by atoms with Gasteiger partial charge in [-0.2, -0.15) is 0 Å². The summed E-state index contributed by atoms with van der Waals surface area (Å²) in [5.41, 5.74) is 1.15. The van der Waals surface area contributed by atoms with Gasteiger partial charge in [0.05, 0.1) is 16.8 Å². The van der Waals surface area contributed by atoms with Crippen molar-refractivity contribution in [1.82, 2.24) is 5.32 Å². The van der Waals surface area contributed by atoms with Gasteiger partial charge in [0.2, 0.25) is 5.91 Å². The lowest BCUT2D eigenvalue weighted by Gasteiger charge is -2.15. The Morgan fingerprint density at radius 3 is 2.90 bits per heavy atom. The molecule has 116 valence electrons. The first kappa shape index (κ1) is 16.8. The van der Waals surface area contributed by atoms with E-state index in [1.165, 1.54) is 0 Å². The minimum Gasteiger partial charge on any atom is -0.351 e. The molecule has 1 fully saturated rings. The van der Waals surface area contributed by atoms with Crippen LogP contribution in [0.4, 0.5) is 0 Å². The first-order valence-electron chi connectivity index (χ1n) is 6.72. The lowest BCUT2D eigenvalue weighted by molar-refractivity contribution is -0.120. The summed E-state index contributed by atoms with van der Waals surface area (Å²) in [6, 6.07) is 7.75. The molecule has 1 aromatic carbocycles. The number of halogens is 1. The van der Waals surface area contributed by atoms with Crippen molar-refractivity contribution in [2.75, 3.05) is 11.5 Å². The van der Waals surface area contributed by atoms with Gasteiger partial charge in [0.1, 0.15) is 0 Å². The van der Waals surface area contributed by atoms with E-state index in [4.69, 9.17) is 0 Å². The van der Waals surface area contributed by atoms with E-state index in [9.17, 15) is 13.2 Å². The normalized spacial score (nSPS) is 21.9. The number of benzene rings is 1. The lowest BCUT2D eigenvalue weighted by Crippen LogP contribution is -2.40. The summed E-state index contributed by atoms with van der Waals surface area (Å²) in [5.74, 6) is 0.910. The summed E-state index contributed by atoms with van der Waals surface area (Å²) in [4.78, 5) is 12.1. The van der Waals surface area contributed by atoms with Crippen molar-refractivity contribution in [2.45, 2.75) is 30.4 Å². The molecule has 0 bridgehead atoms. The molecule has 1 heterocycles. The summed E-state index contributed by atoms with van der Waals surface area (Å²) < 4.78 is 23.8. The molecule has 2 rings (SSSR count). The van der Waals surface area contributed by atoms with Gasteiger partial charge in [0.25, 0.3) is 0 Å². The highest BCUT2D eigenvalue weighted by Crippen LogP contribution is 2.21. The maximum atomic E-state index is 12.1. The number of sulfone groups is 1. The van der Waals surface area contributed by atoms with Crippen LogP contribution < -0.4 is 5.32 Å². The number of carbonyl (C=O) groups is 1. The maximum Gasteiger partial charge on any atom is 0.233 e. The molecule has 1 saturated heterocycles. The number of hydrogen-bond donors (Lipinski definition) is 1. The van der Waals surface area contributed by atoms with Crippen molar-refractivity contribution in [3.05, 3.63) is 34.3 Å². The Hall–Kier alpha value is -0.530. The van der Waals surface area contributed by atoms with Crippen molar-refractivity contribution in [1.29, 1.82) is 0 Å². The van der Waals surface area contributed by atoms with Gasteiger partial charge in [-0.15, -0.1) is 11.8 Å². The highest BCUT2D eigenvalue weighted by molar-refractivity contribution is 9.10. The quantitative estimate of drug-likeness (QED) is 0.836. The fourth-order valence-electron chi connectivity index (χ4n) is 2.15. The number of thioether (sulfide) groups is 1. The number of amides is 1. The predicted molar refractivity (Wildman–Crippen MR) is 90.1 cm³/mol. The summed E-state index contributed by atoms with van der Waals surface area (Å²) in [6.07, 6.45) is 0.525. The second-order valence-corrected chi connectivity index (χ2v) is 9.67. The molecule has 1 aliphatic heterocycles. The first-order valence-corrected chi connectivity index (χ1v) is 10.4. The van der Waals surface area contributed by atoms with Gasteiger partial charge >= 0.3 is 0 Å². The fourth-order valence-corrected chi connectivity index (χ4v) is 5.11. The number of nitrogens with one attached hydrogen (secondary N) is 1. The zero-order valence-corrected chi connectivity index (χ0v) is 14.9. The highest BCUT2D eigenvalue weighted by atomic mass is 79.9. The molecular formula is C14H18BrNO3S2. The molecule has 0 saturated carbocycles. The second-order valence-electron chi connectivity index (χ2n) is 5.19. The Morgan fingerprint density at radius 1 is 1.52 bits per heavy atom. The Balaban J connectivity index is 1.80. The number of carbonyl (C=O) groups excluding carboxylic acids is 1. The lowest BCUT2D eigenvalue weighted by atomic mass is 10.2. The van der Waals surface area contributed by atoms with E-state index in [0.717, 1.165) is 15.8 Å². The Labute approximate surface area is 138 Å². The van der Waals surface area contributed by atoms with Gasteiger partial charge in [-0.25, -0.2) is 8.42 Å². The minimum atomic E-state index is -2.95. The third-order valence-corrected chi connectivity index (χ3v) is 6.81. The van der Waals surface area contributed by atoms with Crippen LogP contribution in [-0.4, -0.2) is 37.1 Å². The minimum absolute atomic E-state index is 0.0712. The zero-order chi connectivity index (χ0) is 15.5. The smallest absolute Gasteiger partial charge is 0.233 e. The van der Waals surface area contributed by atoms with E-state index < -0.39 is 9.84 Å². The molecule has 2 atom stereocenters. The Morgan fingerprint density at radius 2 is 2.29 bits per heavy atom. The zero-order valence-electron chi connectivity index (χ0n) is 11.7. The molecule has 7 heteroatoms. The van der Waals surface area contributed by atoms with Crippen LogP contribution in [-0.2, 0) is 20.4 Å². The second kappa shape index (κ2) is 7.15. The molecule has 0 aromatic heterocycles. The van der Waals surface area contributed by atoms with Gasteiger partial charge in [0.15, 0.2) is 9.84 Å². The predicted octanol–water partition coefficient (Wildman–Crippen LogP) is 2.37. The van der Waals surface area contributed by atoms with Crippen LogP contribution in [0.15, 0.2) is 28.7 Å². The third-order valence-electron chi connectivity index (χ3n) is 3.34. The van der Waals surface area contributed by atoms with Crippen molar-refractivity contribution >= 4 is 43.4 Å². The van der Waals surface area contributed by atoms with Gasteiger partial charge in [-0.3, -0.25) is 4.79 Å². The molecule has 0 radical (unpaired) electrons. The average molecular weight is 392 g/mol. The Bertz CT molecular complexity index is 618. The molecule has 1 aromatic rings. The molecule has 1 amide bonds. The summed E-state index contributed by atoms with van der Waals surface area (Å²) in [5, 5.41) is 2.63. The van der Waals surface area contributed by atoms with Gasteiger partial charge in [-0.05, 0) is 31.0 Å². The van der Waals surface area contributed by atoms with Crippen LogP contribution in [0.2, 0.25) is 0 Å². The standard InChI is InChI=1S/C14H18BrNO3S2/c1-10(20-8-11-3-2-4-12(15)7-11)14(17)16-13-5-6-21(18,19)9-13/h2-4,7,10,13H,5-6,8-9H2,1H3,(H,16,17)/t10-,13+/m0/s1. The van der Waals surface area contributed by atoms with Gasteiger partial charge in [-0.1, -0.05) is 28.1 Å². The van der Waals surface area contributed by atoms with E-state index in [0.29, 0.717) is 6.42 Å². The van der Waals surface area contributed by atoms with Gasteiger partial charge in [0, 0.05) is 16.3 Å². The summed E-state index contributed by atoms with van der Waals surface area (Å²) in [7, 11) is -2.95. The van der Waals surface area contributed by atoms with Crippen molar-refractivity contribution in [3.63, 3.8) is 0 Å². The van der Waals surface area contributed by atoms with Crippen LogP contribution in [0.25, 0.3) is 0 Å². The van der Waals surface area contributed by atoms with Crippen molar-refractivity contribution in [2.24, 2.45) is 0 Å². The van der Waals surface area contributed by atoms with Crippen molar-refractivity contribution in [3.8, 4) is 0 Å².